The van der Waals surface area contributed by atoms with E-state index in [1.807, 2.05) is 24.3 Å². The summed E-state index contributed by atoms with van der Waals surface area (Å²) in [7, 11) is 0. The highest BCUT2D eigenvalue weighted by Gasteiger charge is 2.15. The third-order valence-corrected chi connectivity index (χ3v) is 5.01. The number of hydrogen-bond donors (Lipinski definition) is 3. The van der Waals surface area contributed by atoms with Gasteiger partial charge in [0.05, 0.1) is 5.69 Å². The Morgan fingerprint density at radius 3 is 2.68 bits per heavy atom. The lowest BCUT2D eigenvalue weighted by atomic mass is 10.0. The summed E-state index contributed by atoms with van der Waals surface area (Å²) in [5.74, 6) is 1.59. The highest BCUT2D eigenvalue weighted by atomic mass is 79.9. The number of rotatable bonds is 6. The molecular formula is C17H21BrN6O. The highest BCUT2D eigenvalue weighted by molar-refractivity contribution is 9.09. The van der Waals surface area contributed by atoms with Gasteiger partial charge in [-0.15, -0.1) is 0 Å². The lowest BCUT2D eigenvalue weighted by molar-refractivity contribution is 0.885. The van der Waals surface area contributed by atoms with Gasteiger partial charge >= 0.3 is 5.69 Å². The molecule has 0 aliphatic carbocycles. The molecule has 0 saturated heterocycles. The standard InChI is InChI=1S/C17H21BrN6O/c1-10(9-18)12-3-5-13(6-4-12)24-16-14(23-17(24)25)15(20-8-7-19)21-11(2)22-16/h3-6,10H,7-9,19H2,1-2H3,(H,23,25)(H,20,21,22). The van der Waals surface area contributed by atoms with Gasteiger partial charge in [0.1, 0.15) is 11.3 Å². The highest BCUT2D eigenvalue weighted by Crippen LogP contribution is 2.22. The van der Waals surface area contributed by atoms with Crippen LogP contribution in [0.3, 0.4) is 0 Å². The van der Waals surface area contributed by atoms with Gasteiger partial charge in [0.2, 0.25) is 0 Å². The first kappa shape index (κ1) is 17.6. The average Bonchev–Trinajstić information content (AvgIpc) is 2.95. The molecule has 2 heterocycles. The number of aromatic amines is 1. The second-order valence-electron chi connectivity index (χ2n) is 5.95. The number of aryl methyl sites for hydroxylation is 1. The molecule has 7 nitrogen and oxygen atoms in total. The van der Waals surface area contributed by atoms with E-state index in [-0.39, 0.29) is 5.69 Å². The van der Waals surface area contributed by atoms with E-state index >= 15 is 0 Å². The lowest BCUT2D eigenvalue weighted by Gasteiger charge is -2.10. The molecule has 2 aromatic heterocycles. The van der Waals surface area contributed by atoms with E-state index in [0.29, 0.717) is 41.8 Å². The first-order valence-corrected chi connectivity index (χ1v) is 9.27. The van der Waals surface area contributed by atoms with Crippen molar-refractivity contribution < 1.29 is 0 Å². The molecule has 0 aliphatic rings. The first-order chi connectivity index (χ1) is 12.0. The summed E-state index contributed by atoms with van der Waals surface area (Å²) in [5, 5.41) is 4.03. The number of nitrogens with two attached hydrogens (primary N) is 1. The second kappa shape index (κ2) is 7.37. The smallest absolute Gasteiger partial charge is 0.332 e. The third kappa shape index (κ3) is 3.45. The van der Waals surface area contributed by atoms with Crippen LogP contribution in [0, 0.1) is 6.92 Å². The van der Waals surface area contributed by atoms with Crippen LogP contribution in [0.25, 0.3) is 16.9 Å². The quantitative estimate of drug-likeness (QED) is 0.547. The molecule has 1 aromatic carbocycles. The van der Waals surface area contributed by atoms with Crippen LogP contribution in [-0.2, 0) is 0 Å². The molecule has 0 spiro atoms. The van der Waals surface area contributed by atoms with E-state index in [1.54, 1.807) is 11.5 Å². The zero-order valence-electron chi connectivity index (χ0n) is 14.2. The number of fused-ring (bicyclic) bond motifs is 1. The van der Waals surface area contributed by atoms with Crippen molar-refractivity contribution in [3.05, 3.63) is 46.1 Å². The molecule has 0 amide bonds. The molecule has 1 unspecified atom stereocenters. The minimum atomic E-state index is -0.244. The van der Waals surface area contributed by atoms with Crippen molar-refractivity contribution in [1.82, 2.24) is 19.5 Å². The maximum Gasteiger partial charge on any atom is 0.332 e. The molecular weight excluding hydrogens is 384 g/mol. The molecule has 4 N–H and O–H groups in total. The Labute approximate surface area is 153 Å². The van der Waals surface area contributed by atoms with Crippen LogP contribution in [0.2, 0.25) is 0 Å². The van der Waals surface area contributed by atoms with Crippen LogP contribution in [0.15, 0.2) is 29.1 Å². The molecule has 3 aromatic rings. The van der Waals surface area contributed by atoms with Crippen LogP contribution >= 0.6 is 15.9 Å². The van der Waals surface area contributed by atoms with Gasteiger partial charge in [0.15, 0.2) is 11.5 Å². The van der Waals surface area contributed by atoms with E-state index in [1.165, 1.54) is 5.56 Å². The number of H-pyrrole nitrogens is 1. The van der Waals surface area contributed by atoms with Gasteiger partial charge in [-0.1, -0.05) is 35.0 Å². The predicted octanol–water partition coefficient (Wildman–Crippen LogP) is 2.29. The Bertz CT molecular complexity index is 931. The summed E-state index contributed by atoms with van der Waals surface area (Å²) in [4.78, 5) is 24.2. The number of halogens is 1. The van der Waals surface area contributed by atoms with Gasteiger partial charge < -0.3 is 16.0 Å². The number of anilines is 1. The van der Waals surface area contributed by atoms with Crippen molar-refractivity contribution >= 4 is 32.9 Å². The molecule has 1 atom stereocenters. The third-order valence-electron chi connectivity index (χ3n) is 4.04. The van der Waals surface area contributed by atoms with Gasteiger partial charge in [-0.05, 0) is 30.5 Å². The number of benzene rings is 1. The number of hydrogen-bond acceptors (Lipinski definition) is 5. The zero-order chi connectivity index (χ0) is 18.0. The molecule has 3 rings (SSSR count). The van der Waals surface area contributed by atoms with Crippen LogP contribution < -0.4 is 16.7 Å². The number of nitrogens with zero attached hydrogens (tertiary/aromatic N) is 3. The Morgan fingerprint density at radius 2 is 2.04 bits per heavy atom. The van der Waals surface area contributed by atoms with Crippen LogP contribution in [0.4, 0.5) is 5.82 Å². The normalized spacial score (nSPS) is 12.5. The average molecular weight is 405 g/mol. The minimum Gasteiger partial charge on any atom is -0.367 e. The van der Waals surface area contributed by atoms with Gasteiger partial charge in [0, 0.05) is 18.4 Å². The Kier molecular flexibility index (Phi) is 5.19. The molecule has 0 bridgehead atoms. The monoisotopic (exact) mass is 404 g/mol. The molecule has 8 heteroatoms. The molecule has 0 radical (unpaired) electrons. The summed E-state index contributed by atoms with van der Waals surface area (Å²) in [5.41, 5.74) is 8.42. The lowest BCUT2D eigenvalue weighted by Crippen LogP contribution is -2.15. The van der Waals surface area contributed by atoms with Crippen molar-refractivity contribution in [2.45, 2.75) is 19.8 Å². The van der Waals surface area contributed by atoms with Gasteiger partial charge in [-0.25, -0.2) is 19.3 Å². The van der Waals surface area contributed by atoms with E-state index in [2.05, 4.69) is 43.1 Å². The Hall–Kier alpha value is -2.19. The summed E-state index contributed by atoms with van der Waals surface area (Å²) in [6, 6.07) is 7.95. The van der Waals surface area contributed by atoms with Gasteiger partial charge in [-0.2, -0.15) is 0 Å². The minimum absolute atomic E-state index is 0.244. The molecule has 0 aliphatic heterocycles. The van der Waals surface area contributed by atoms with Gasteiger partial charge in [0.25, 0.3) is 0 Å². The molecule has 0 fully saturated rings. The molecule has 25 heavy (non-hydrogen) atoms. The second-order valence-corrected chi connectivity index (χ2v) is 6.59. The van der Waals surface area contributed by atoms with Crippen molar-refractivity contribution in [2.75, 3.05) is 23.7 Å². The van der Waals surface area contributed by atoms with E-state index in [0.717, 1.165) is 11.0 Å². The summed E-state index contributed by atoms with van der Waals surface area (Å²) < 4.78 is 1.57. The maximum atomic E-state index is 12.5. The summed E-state index contributed by atoms with van der Waals surface area (Å²) in [6.45, 7) is 4.99. The number of aromatic nitrogens is 4. The fraction of sp³-hybridized carbons (Fsp3) is 0.353. The van der Waals surface area contributed by atoms with E-state index in [9.17, 15) is 4.79 Å². The SMILES string of the molecule is Cc1nc(NCCN)c2[nH]c(=O)n(-c3ccc(C(C)CBr)cc3)c2n1. The largest absolute Gasteiger partial charge is 0.367 e. The van der Waals surface area contributed by atoms with Crippen LogP contribution in [-0.4, -0.2) is 37.9 Å². The summed E-state index contributed by atoms with van der Waals surface area (Å²) >= 11 is 3.50. The van der Waals surface area contributed by atoms with E-state index < -0.39 is 0 Å². The first-order valence-electron chi connectivity index (χ1n) is 8.14. The fourth-order valence-corrected chi connectivity index (χ4v) is 3.07. The topological polar surface area (TPSA) is 102 Å². The van der Waals surface area contributed by atoms with Crippen LogP contribution in [0.1, 0.15) is 24.2 Å². The zero-order valence-corrected chi connectivity index (χ0v) is 15.8. The fourth-order valence-electron chi connectivity index (χ4n) is 2.69. The Morgan fingerprint density at radius 1 is 1.32 bits per heavy atom. The predicted molar refractivity (Wildman–Crippen MR) is 104 cm³/mol. The molecule has 132 valence electrons. The van der Waals surface area contributed by atoms with E-state index in [4.69, 9.17) is 5.73 Å². The summed E-state index contributed by atoms with van der Waals surface area (Å²) in [6.07, 6.45) is 0. The van der Waals surface area contributed by atoms with Gasteiger partial charge in [-0.3, -0.25) is 0 Å². The Balaban J connectivity index is 2.12. The number of alkyl halides is 1. The maximum absolute atomic E-state index is 12.5. The van der Waals surface area contributed by atoms with Crippen molar-refractivity contribution in [3.8, 4) is 5.69 Å². The van der Waals surface area contributed by atoms with Crippen molar-refractivity contribution in [3.63, 3.8) is 0 Å². The van der Waals surface area contributed by atoms with Crippen LogP contribution in [0.5, 0.6) is 0 Å². The van der Waals surface area contributed by atoms with Crippen molar-refractivity contribution in [1.29, 1.82) is 0 Å². The number of nitrogens with one attached hydrogen (secondary N) is 2. The van der Waals surface area contributed by atoms with Crippen molar-refractivity contribution in [2.24, 2.45) is 5.73 Å². The molecule has 0 saturated carbocycles. The number of imidazole rings is 1.